The zero-order valence-electron chi connectivity index (χ0n) is 15.7. The smallest absolute Gasteiger partial charge is 0.341 e. The number of carbonyl (C=O) groups is 2. The van der Waals surface area contributed by atoms with Crippen molar-refractivity contribution in [3.8, 4) is 0 Å². The minimum atomic E-state index is -4.72. The van der Waals surface area contributed by atoms with Gasteiger partial charge in [-0.3, -0.25) is 14.6 Å². The molecule has 0 bridgehead atoms. The van der Waals surface area contributed by atoms with Gasteiger partial charge in [0.1, 0.15) is 11.5 Å². The van der Waals surface area contributed by atoms with E-state index < -0.39 is 35.5 Å². The molecule has 0 radical (unpaired) electrons. The number of carbonyl (C=O) groups excluding carboxylic acids is 2. The van der Waals surface area contributed by atoms with Crippen molar-refractivity contribution in [2.45, 2.75) is 12.2 Å². The second-order valence-electron chi connectivity index (χ2n) is 6.87. The van der Waals surface area contributed by atoms with Gasteiger partial charge in [0, 0.05) is 43.6 Å². The number of benzene rings is 2. The summed E-state index contributed by atoms with van der Waals surface area (Å²) >= 11 is 9.46. The van der Waals surface area contributed by atoms with E-state index in [2.05, 4.69) is 31.5 Å². The molecule has 1 atom stereocenters. The minimum Gasteiger partial charge on any atom is -0.341 e. The summed E-state index contributed by atoms with van der Waals surface area (Å²) in [5.74, 6) is -1.90. The van der Waals surface area contributed by atoms with Crippen molar-refractivity contribution in [1.82, 2.24) is 10.3 Å². The molecule has 4 rings (SSSR count). The fourth-order valence-electron chi connectivity index (χ4n) is 3.39. The molecule has 3 aromatic rings. The first kappa shape index (κ1) is 22.2. The molecule has 32 heavy (non-hydrogen) atoms. The molecule has 0 aliphatic carbocycles. The first-order chi connectivity index (χ1) is 15.0. The Morgan fingerprint density at radius 3 is 2.62 bits per heavy atom. The van der Waals surface area contributed by atoms with E-state index in [-0.39, 0.29) is 27.4 Å². The van der Waals surface area contributed by atoms with Crippen LogP contribution in [0, 0.1) is 5.82 Å². The number of hydrogen-bond acceptors (Lipinski definition) is 3. The van der Waals surface area contributed by atoms with Gasteiger partial charge in [0.2, 0.25) is 0 Å². The number of rotatable bonds is 3. The number of anilines is 1. The third kappa shape index (κ3) is 4.20. The fraction of sp³-hybridized carbons (Fsp3) is 0.0952. The van der Waals surface area contributed by atoms with Gasteiger partial charge in [-0.15, -0.1) is 0 Å². The van der Waals surface area contributed by atoms with Crippen LogP contribution in [0.1, 0.15) is 43.6 Å². The Kier molecular flexibility index (Phi) is 5.68. The van der Waals surface area contributed by atoms with Crippen molar-refractivity contribution >= 4 is 45.0 Å². The number of nitrogens with one attached hydrogen (secondary N) is 2. The third-order valence-electron chi connectivity index (χ3n) is 4.78. The maximum Gasteiger partial charge on any atom is 0.433 e. The molecular weight excluding hydrogens is 518 g/mol. The summed E-state index contributed by atoms with van der Waals surface area (Å²) in [7, 11) is 0. The number of amides is 2. The highest BCUT2D eigenvalue weighted by atomic mass is 79.9. The normalized spacial score (nSPS) is 15.3. The molecule has 2 N–H and O–H groups in total. The van der Waals surface area contributed by atoms with E-state index in [9.17, 15) is 27.2 Å². The van der Waals surface area contributed by atoms with Crippen LogP contribution in [0.3, 0.4) is 0 Å². The molecule has 0 saturated carbocycles. The van der Waals surface area contributed by atoms with Crippen molar-refractivity contribution in [2.75, 3.05) is 5.32 Å². The number of halogens is 6. The lowest BCUT2D eigenvalue weighted by Gasteiger charge is -2.18. The highest BCUT2D eigenvalue weighted by Gasteiger charge is 2.35. The van der Waals surface area contributed by atoms with E-state index in [4.69, 9.17) is 11.6 Å². The second-order valence-corrected chi connectivity index (χ2v) is 8.19. The number of nitrogens with zero attached hydrogens (tertiary/aromatic N) is 1. The molecule has 11 heteroatoms. The lowest BCUT2D eigenvalue weighted by molar-refractivity contribution is -0.141. The van der Waals surface area contributed by atoms with Gasteiger partial charge >= 0.3 is 6.18 Å². The van der Waals surface area contributed by atoms with E-state index in [1.54, 1.807) is 0 Å². The summed E-state index contributed by atoms with van der Waals surface area (Å²) in [6.07, 6.45) is -3.84. The maximum atomic E-state index is 13.9. The second kappa shape index (κ2) is 8.18. The Bertz CT molecular complexity index is 1270. The molecule has 0 spiro atoms. The van der Waals surface area contributed by atoms with E-state index in [1.807, 2.05) is 0 Å². The summed E-state index contributed by atoms with van der Waals surface area (Å²) in [5, 5.41) is 5.42. The maximum absolute atomic E-state index is 13.9. The Morgan fingerprint density at radius 1 is 1.16 bits per heavy atom. The monoisotopic (exact) mass is 527 g/mol. The van der Waals surface area contributed by atoms with Crippen LogP contribution in [-0.4, -0.2) is 16.8 Å². The van der Waals surface area contributed by atoms with E-state index in [0.29, 0.717) is 16.1 Å². The molecular formula is C21H11BrClF4N3O2. The van der Waals surface area contributed by atoms with Crippen LogP contribution < -0.4 is 10.6 Å². The predicted octanol–water partition coefficient (Wildman–Crippen LogP) is 5.74. The molecule has 1 unspecified atom stereocenters. The van der Waals surface area contributed by atoms with Crippen molar-refractivity contribution in [2.24, 2.45) is 0 Å². The number of pyridine rings is 1. The molecule has 164 valence electrons. The number of hydrogen-bond donors (Lipinski definition) is 2. The summed E-state index contributed by atoms with van der Waals surface area (Å²) in [6, 6.07) is 7.54. The van der Waals surface area contributed by atoms with Gasteiger partial charge in [-0.05, 0) is 42.5 Å². The van der Waals surface area contributed by atoms with E-state index in [1.165, 1.54) is 18.2 Å². The minimum absolute atomic E-state index is 0.147. The zero-order valence-corrected chi connectivity index (χ0v) is 18.1. The Hall–Kier alpha value is -2.98. The van der Waals surface area contributed by atoms with Crippen LogP contribution in [0.4, 0.5) is 23.2 Å². The molecule has 2 aromatic carbocycles. The first-order valence-corrected chi connectivity index (χ1v) is 10.2. The molecule has 1 aromatic heterocycles. The van der Waals surface area contributed by atoms with Crippen molar-refractivity contribution in [1.29, 1.82) is 0 Å². The zero-order chi connectivity index (χ0) is 23.2. The molecule has 2 amide bonds. The summed E-state index contributed by atoms with van der Waals surface area (Å²) in [5.41, 5.74) is -0.576. The van der Waals surface area contributed by atoms with Crippen LogP contribution in [0.15, 0.2) is 53.1 Å². The highest BCUT2D eigenvalue weighted by Crippen LogP contribution is 2.41. The molecule has 1 aliphatic rings. The topological polar surface area (TPSA) is 71.1 Å². The average Bonchev–Trinajstić information content (AvgIpc) is 3.05. The van der Waals surface area contributed by atoms with Gasteiger partial charge in [-0.2, -0.15) is 13.2 Å². The van der Waals surface area contributed by atoms with Gasteiger partial charge < -0.3 is 10.6 Å². The standard InChI is InChI=1S/C21H11BrClF4N3O2/c22-10-6-13-17(18(30-20(13)32)12-8-11(24)1-2-14(12)23)15(7-10)29-19(31)9-3-4-28-16(5-9)21(25,26)27/h1-8,18H,(H,29,31)(H,30,32). The predicted molar refractivity (Wildman–Crippen MR) is 112 cm³/mol. The van der Waals surface area contributed by atoms with Crippen LogP contribution >= 0.6 is 27.5 Å². The largest absolute Gasteiger partial charge is 0.433 e. The van der Waals surface area contributed by atoms with Crippen molar-refractivity contribution in [3.05, 3.63) is 91.9 Å². The SMILES string of the molecule is O=C(Nc1cc(Br)cc2c1C(c1cc(F)ccc1Cl)NC2=O)c1ccnc(C(F)(F)F)c1. The fourth-order valence-corrected chi connectivity index (χ4v) is 4.08. The lowest BCUT2D eigenvalue weighted by atomic mass is 9.96. The Labute approximate surface area is 191 Å². The highest BCUT2D eigenvalue weighted by molar-refractivity contribution is 9.10. The van der Waals surface area contributed by atoms with Crippen LogP contribution in [0.5, 0.6) is 0 Å². The number of fused-ring (bicyclic) bond motifs is 1. The molecule has 5 nitrogen and oxygen atoms in total. The lowest BCUT2D eigenvalue weighted by Crippen LogP contribution is -2.21. The first-order valence-electron chi connectivity index (χ1n) is 8.98. The van der Waals surface area contributed by atoms with Crippen LogP contribution in [0.2, 0.25) is 5.02 Å². The molecule has 2 heterocycles. The summed E-state index contributed by atoms with van der Waals surface area (Å²) in [4.78, 5) is 28.5. The van der Waals surface area contributed by atoms with Gasteiger partial charge in [0.25, 0.3) is 11.8 Å². The van der Waals surface area contributed by atoms with Crippen LogP contribution in [-0.2, 0) is 6.18 Å². The van der Waals surface area contributed by atoms with Crippen molar-refractivity contribution in [3.63, 3.8) is 0 Å². The molecule has 0 fully saturated rings. The number of aromatic nitrogens is 1. The van der Waals surface area contributed by atoms with E-state index in [0.717, 1.165) is 24.4 Å². The van der Waals surface area contributed by atoms with Gasteiger partial charge in [0.05, 0.1) is 6.04 Å². The Morgan fingerprint density at radius 2 is 1.91 bits per heavy atom. The average molecular weight is 529 g/mol. The summed E-state index contributed by atoms with van der Waals surface area (Å²) in [6.45, 7) is 0. The third-order valence-corrected chi connectivity index (χ3v) is 5.59. The summed E-state index contributed by atoms with van der Waals surface area (Å²) < 4.78 is 53.2. The van der Waals surface area contributed by atoms with Crippen molar-refractivity contribution < 1.29 is 27.2 Å². The van der Waals surface area contributed by atoms with Gasteiger partial charge in [-0.25, -0.2) is 4.39 Å². The Balaban J connectivity index is 1.77. The molecule has 1 aliphatic heterocycles. The number of alkyl halides is 3. The van der Waals surface area contributed by atoms with E-state index >= 15 is 0 Å². The van der Waals surface area contributed by atoms with Gasteiger partial charge in [0.15, 0.2) is 0 Å². The molecule has 0 saturated heterocycles. The van der Waals surface area contributed by atoms with Crippen LogP contribution in [0.25, 0.3) is 0 Å². The van der Waals surface area contributed by atoms with Gasteiger partial charge in [-0.1, -0.05) is 27.5 Å². The quantitative estimate of drug-likeness (QED) is 0.426.